The number of ether oxygens (including phenoxy) is 1. The van der Waals surface area contributed by atoms with E-state index in [0.29, 0.717) is 16.3 Å². The van der Waals surface area contributed by atoms with Crippen LogP contribution in [0.25, 0.3) is 0 Å². The minimum atomic E-state index is -0.436. The van der Waals surface area contributed by atoms with Gasteiger partial charge in [-0.05, 0) is 24.3 Å². The molecule has 0 unspecified atom stereocenters. The minimum absolute atomic E-state index is 0.0342. The van der Waals surface area contributed by atoms with E-state index in [4.69, 9.17) is 16.3 Å². The molecule has 0 aliphatic rings. The molecule has 2 rings (SSSR count). The Bertz CT molecular complexity index is 529. The molecule has 0 aliphatic carbocycles. The smallest absolute Gasteiger partial charge is 0.131 e. The normalized spacial score (nSPS) is 10.3. The van der Waals surface area contributed by atoms with E-state index in [1.54, 1.807) is 12.1 Å². The van der Waals surface area contributed by atoms with Gasteiger partial charge in [-0.2, -0.15) is 0 Å². The van der Waals surface area contributed by atoms with E-state index < -0.39 is 5.82 Å². The topological polar surface area (TPSA) is 9.23 Å². The van der Waals surface area contributed by atoms with Gasteiger partial charge in [0.05, 0.1) is 0 Å². The summed E-state index contributed by atoms with van der Waals surface area (Å²) in [5.41, 5.74) is 0.374. The van der Waals surface area contributed by atoms with Crippen LogP contribution in [0, 0.1) is 11.6 Å². The van der Waals surface area contributed by atoms with Crippen molar-refractivity contribution >= 4 is 11.6 Å². The zero-order valence-corrected chi connectivity index (χ0v) is 9.55. The van der Waals surface area contributed by atoms with E-state index in [-0.39, 0.29) is 12.4 Å². The molecule has 0 heterocycles. The van der Waals surface area contributed by atoms with Crippen LogP contribution >= 0.6 is 11.6 Å². The molecular weight excluding hydrogens is 246 g/mol. The molecule has 0 aromatic heterocycles. The fourth-order valence-corrected chi connectivity index (χ4v) is 1.52. The summed E-state index contributed by atoms with van der Waals surface area (Å²) in [4.78, 5) is 0. The van der Waals surface area contributed by atoms with Crippen molar-refractivity contribution in [3.8, 4) is 5.75 Å². The number of hydrogen-bond donors (Lipinski definition) is 0. The fraction of sp³-hybridized carbons (Fsp3) is 0.0769. The molecule has 0 spiro atoms. The molecule has 1 nitrogen and oxygen atoms in total. The standard InChI is InChI=1S/C13H9ClF2O/c14-10-5-4-9(13(16)6-10)8-17-12-3-1-2-11(15)7-12/h1-7H,8H2. The summed E-state index contributed by atoms with van der Waals surface area (Å²) < 4.78 is 31.5. The SMILES string of the molecule is Fc1cccc(OCc2ccc(Cl)cc2F)c1. The highest BCUT2D eigenvalue weighted by atomic mass is 35.5. The lowest BCUT2D eigenvalue weighted by atomic mass is 10.2. The third-order valence-corrected chi connectivity index (χ3v) is 2.44. The van der Waals surface area contributed by atoms with Gasteiger partial charge in [0.2, 0.25) is 0 Å². The van der Waals surface area contributed by atoms with E-state index in [0.717, 1.165) is 0 Å². The van der Waals surface area contributed by atoms with Gasteiger partial charge in [0.15, 0.2) is 0 Å². The lowest BCUT2D eigenvalue weighted by molar-refractivity contribution is 0.298. The Balaban J connectivity index is 2.07. The highest BCUT2D eigenvalue weighted by molar-refractivity contribution is 6.30. The van der Waals surface area contributed by atoms with E-state index in [9.17, 15) is 8.78 Å². The molecule has 17 heavy (non-hydrogen) atoms. The monoisotopic (exact) mass is 254 g/mol. The Morgan fingerprint density at radius 1 is 1.06 bits per heavy atom. The molecule has 88 valence electrons. The second kappa shape index (κ2) is 5.15. The number of halogens is 3. The molecule has 0 radical (unpaired) electrons. The molecule has 2 aromatic carbocycles. The lowest BCUT2D eigenvalue weighted by Gasteiger charge is -2.07. The Labute approximate surface area is 103 Å². The summed E-state index contributed by atoms with van der Waals surface area (Å²) in [7, 11) is 0. The molecule has 0 saturated carbocycles. The number of benzene rings is 2. The van der Waals surface area contributed by atoms with Gasteiger partial charge < -0.3 is 4.74 Å². The van der Waals surface area contributed by atoms with Crippen LogP contribution in [-0.4, -0.2) is 0 Å². The molecular formula is C13H9ClF2O. The van der Waals surface area contributed by atoms with Crippen molar-refractivity contribution in [3.63, 3.8) is 0 Å². The Kier molecular flexibility index (Phi) is 3.59. The van der Waals surface area contributed by atoms with Crippen molar-refractivity contribution in [3.05, 3.63) is 64.7 Å². The number of hydrogen-bond acceptors (Lipinski definition) is 1. The van der Waals surface area contributed by atoms with Gasteiger partial charge >= 0.3 is 0 Å². The van der Waals surface area contributed by atoms with E-state index in [1.807, 2.05) is 0 Å². The summed E-state index contributed by atoms with van der Waals surface area (Å²) in [6, 6.07) is 10.0. The summed E-state index contributed by atoms with van der Waals surface area (Å²) in [5, 5.41) is 0.331. The van der Waals surface area contributed by atoms with Crippen LogP contribution < -0.4 is 4.74 Å². The average Bonchev–Trinajstić information content (AvgIpc) is 2.28. The zero-order valence-electron chi connectivity index (χ0n) is 8.79. The van der Waals surface area contributed by atoms with Crippen LogP contribution in [0.5, 0.6) is 5.75 Å². The maximum Gasteiger partial charge on any atom is 0.131 e. The molecule has 0 saturated heterocycles. The van der Waals surface area contributed by atoms with Crippen LogP contribution in [-0.2, 0) is 6.61 Å². The molecule has 0 fully saturated rings. The fourth-order valence-electron chi connectivity index (χ4n) is 1.36. The molecule has 0 atom stereocenters. The summed E-state index contributed by atoms with van der Waals surface area (Å²) >= 11 is 5.62. The van der Waals surface area contributed by atoms with E-state index >= 15 is 0 Å². The minimum Gasteiger partial charge on any atom is -0.489 e. The van der Waals surface area contributed by atoms with Gasteiger partial charge in [0.1, 0.15) is 24.0 Å². The Morgan fingerprint density at radius 3 is 2.59 bits per heavy atom. The third kappa shape index (κ3) is 3.17. The first-order valence-electron chi connectivity index (χ1n) is 4.97. The largest absolute Gasteiger partial charge is 0.489 e. The molecule has 0 N–H and O–H groups in total. The number of rotatable bonds is 3. The Morgan fingerprint density at radius 2 is 1.88 bits per heavy atom. The quantitative estimate of drug-likeness (QED) is 0.798. The van der Waals surface area contributed by atoms with E-state index in [1.165, 1.54) is 30.3 Å². The van der Waals surface area contributed by atoms with Crippen molar-refractivity contribution in [2.75, 3.05) is 0 Å². The lowest BCUT2D eigenvalue weighted by Crippen LogP contribution is -1.98. The van der Waals surface area contributed by atoms with Gasteiger partial charge in [0, 0.05) is 16.7 Å². The second-order valence-electron chi connectivity index (χ2n) is 3.48. The third-order valence-electron chi connectivity index (χ3n) is 2.21. The zero-order chi connectivity index (χ0) is 12.3. The average molecular weight is 255 g/mol. The van der Waals surface area contributed by atoms with Gasteiger partial charge in [-0.3, -0.25) is 0 Å². The van der Waals surface area contributed by atoms with Gasteiger partial charge in [-0.25, -0.2) is 8.78 Å². The van der Waals surface area contributed by atoms with Gasteiger partial charge in [0.25, 0.3) is 0 Å². The van der Waals surface area contributed by atoms with Crippen molar-refractivity contribution in [2.45, 2.75) is 6.61 Å². The van der Waals surface area contributed by atoms with E-state index in [2.05, 4.69) is 0 Å². The summed E-state index contributed by atoms with van der Waals surface area (Å²) in [5.74, 6) is -0.465. The molecule has 0 amide bonds. The molecule has 2 aromatic rings. The highest BCUT2D eigenvalue weighted by Crippen LogP contribution is 2.18. The second-order valence-corrected chi connectivity index (χ2v) is 3.92. The Hall–Kier alpha value is -1.61. The first kappa shape index (κ1) is 11.9. The van der Waals surface area contributed by atoms with Crippen molar-refractivity contribution in [1.29, 1.82) is 0 Å². The van der Waals surface area contributed by atoms with Crippen LogP contribution in [0.15, 0.2) is 42.5 Å². The van der Waals surface area contributed by atoms with Crippen LogP contribution in [0.3, 0.4) is 0 Å². The maximum atomic E-state index is 13.4. The predicted molar refractivity (Wildman–Crippen MR) is 62.1 cm³/mol. The molecule has 0 bridgehead atoms. The van der Waals surface area contributed by atoms with Gasteiger partial charge in [-0.15, -0.1) is 0 Å². The van der Waals surface area contributed by atoms with Crippen molar-refractivity contribution < 1.29 is 13.5 Å². The first-order chi connectivity index (χ1) is 8.15. The highest BCUT2D eigenvalue weighted by Gasteiger charge is 2.04. The van der Waals surface area contributed by atoms with Crippen LogP contribution in [0.4, 0.5) is 8.78 Å². The van der Waals surface area contributed by atoms with Crippen molar-refractivity contribution in [2.24, 2.45) is 0 Å². The molecule has 4 heteroatoms. The summed E-state index contributed by atoms with van der Waals surface area (Å²) in [6.45, 7) is 0.0342. The first-order valence-corrected chi connectivity index (χ1v) is 5.35. The van der Waals surface area contributed by atoms with Crippen molar-refractivity contribution in [1.82, 2.24) is 0 Å². The van der Waals surface area contributed by atoms with Crippen LogP contribution in [0.2, 0.25) is 5.02 Å². The van der Waals surface area contributed by atoms with Crippen LogP contribution in [0.1, 0.15) is 5.56 Å². The predicted octanol–water partition coefficient (Wildman–Crippen LogP) is 4.20. The summed E-state index contributed by atoms with van der Waals surface area (Å²) in [6.07, 6.45) is 0. The molecule has 0 aliphatic heterocycles. The van der Waals surface area contributed by atoms with Gasteiger partial charge in [-0.1, -0.05) is 23.7 Å². The maximum absolute atomic E-state index is 13.4.